The number of hydrogen-bond acceptors (Lipinski definition) is 1. The third-order valence-electron chi connectivity index (χ3n) is 3.93. The maximum Gasteiger partial charge on any atom is 0.325 e. The van der Waals surface area contributed by atoms with Gasteiger partial charge >= 0.3 is 6.03 Å². The van der Waals surface area contributed by atoms with Gasteiger partial charge in [0.1, 0.15) is 0 Å². The van der Waals surface area contributed by atoms with E-state index in [1.807, 2.05) is 60.0 Å². The van der Waals surface area contributed by atoms with Crippen LogP contribution < -0.4 is 4.90 Å². The number of anilines is 1. The van der Waals surface area contributed by atoms with E-state index in [1.54, 1.807) is 0 Å². The Morgan fingerprint density at radius 2 is 1.74 bits per heavy atom. The summed E-state index contributed by atoms with van der Waals surface area (Å²) in [6.45, 7) is 9.46. The zero-order valence-corrected chi connectivity index (χ0v) is 14.5. The third-order valence-corrected chi connectivity index (χ3v) is 3.93. The molecule has 2 amide bonds. The van der Waals surface area contributed by atoms with E-state index in [4.69, 9.17) is 0 Å². The van der Waals surface area contributed by atoms with Crippen LogP contribution in [0.2, 0.25) is 0 Å². The van der Waals surface area contributed by atoms with E-state index >= 15 is 0 Å². The Hall–Kier alpha value is -2.29. The maximum absolute atomic E-state index is 13.1. The highest BCUT2D eigenvalue weighted by atomic mass is 16.2. The van der Waals surface area contributed by atoms with Crippen LogP contribution in [0.4, 0.5) is 10.5 Å². The molecule has 2 aromatic rings. The zero-order chi connectivity index (χ0) is 16.8. The second kappa shape index (κ2) is 7.82. The molecule has 0 aliphatic rings. The summed E-state index contributed by atoms with van der Waals surface area (Å²) in [6, 6.07) is 18.4. The number of urea groups is 1. The third kappa shape index (κ3) is 4.35. The Kier molecular flexibility index (Phi) is 5.80. The van der Waals surface area contributed by atoms with Crippen LogP contribution in [0.1, 0.15) is 31.9 Å². The van der Waals surface area contributed by atoms with Crippen molar-refractivity contribution in [2.24, 2.45) is 0 Å². The van der Waals surface area contributed by atoms with Crippen molar-refractivity contribution in [3.05, 3.63) is 65.7 Å². The minimum atomic E-state index is 0.0527. The van der Waals surface area contributed by atoms with Gasteiger partial charge in [0.25, 0.3) is 0 Å². The van der Waals surface area contributed by atoms with E-state index in [0.29, 0.717) is 13.1 Å². The zero-order valence-electron chi connectivity index (χ0n) is 14.5. The number of nitrogens with zero attached hydrogens (tertiary/aromatic N) is 2. The van der Waals surface area contributed by atoms with Gasteiger partial charge in [0.15, 0.2) is 0 Å². The van der Waals surface area contributed by atoms with E-state index in [-0.39, 0.29) is 12.1 Å². The van der Waals surface area contributed by atoms with Crippen LogP contribution in [-0.4, -0.2) is 23.5 Å². The molecule has 0 saturated carbocycles. The first-order valence-electron chi connectivity index (χ1n) is 8.21. The van der Waals surface area contributed by atoms with E-state index in [0.717, 1.165) is 16.8 Å². The molecule has 122 valence electrons. The highest BCUT2D eigenvalue weighted by Gasteiger charge is 2.23. The van der Waals surface area contributed by atoms with Gasteiger partial charge < -0.3 is 4.90 Å². The molecule has 3 heteroatoms. The summed E-state index contributed by atoms with van der Waals surface area (Å²) in [4.78, 5) is 16.8. The molecule has 0 saturated heterocycles. The molecule has 0 aliphatic heterocycles. The second-order valence-corrected chi connectivity index (χ2v) is 6.07. The van der Waals surface area contributed by atoms with Crippen molar-refractivity contribution in [1.29, 1.82) is 0 Å². The number of benzene rings is 2. The van der Waals surface area contributed by atoms with E-state index in [2.05, 4.69) is 32.0 Å². The van der Waals surface area contributed by atoms with Crippen molar-refractivity contribution in [3.63, 3.8) is 0 Å². The molecule has 2 aromatic carbocycles. The van der Waals surface area contributed by atoms with E-state index < -0.39 is 0 Å². The van der Waals surface area contributed by atoms with E-state index in [9.17, 15) is 4.79 Å². The Bertz CT molecular complexity index is 637. The van der Waals surface area contributed by atoms with Crippen LogP contribution in [0.3, 0.4) is 0 Å². The van der Waals surface area contributed by atoms with Gasteiger partial charge in [-0.25, -0.2) is 4.79 Å². The molecule has 0 aromatic heterocycles. The summed E-state index contributed by atoms with van der Waals surface area (Å²) in [7, 11) is 0. The predicted octanol–water partition coefficient (Wildman–Crippen LogP) is 4.85. The summed E-state index contributed by atoms with van der Waals surface area (Å²) in [6.07, 6.45) is 0. The number of rotatable bonds is 5. The van der Waals surface area contributed by atoms with Crippen molar-refractivity contribution in [1.82, 2.24) is 4.90 Å². The van der Waals surface area contributed by atoms with Crippen LogP contribution in [0.15, 0.2) is 54.6 Å². The lowest BCUT2D eigenvalue weighted by Crippen LogP contribution is -2.46. The summed E-state index contributed by atoms with van der Waals surface area (Å²) in [5.41, 5.74) is 3.26. The monoisotopic (exact) mass is 310 g/mol. The molecule has 0 bridgehead atoms. The van der Waals surface area contributed by atoms with Gasteiger partial charge in [-0.05, 0) is 51.0 Å². The molecule has 0 atom stereocenters. The van der Waals surface area contributed by atoms with Gasteiger partial charge in [-0.1, -0.05) is 42.5 Å². The Labute approximate surface area is 139 Å². The Morgan fingerprint density at radius 1 is 1.04 bits per heavy atom. The largest absolute Gasteiger partial charge is 0.325 e. The molecule has 0 aliphatic carbocycles. The average Bonchev–Trinajstić information content (AvgIpc) is 2.54. The molecule has 23 heavy (non-hydrogen) atoms. The topological polar surface area (TPSA) is 23.6 Å². The summed E-state index contributed by atoms with van der Waals surface area (Å²) >= 11 is 0. The fourth-order valence-corrected chi connectivity index (χ4v) is 2.63. The van der Waals surface area contributed by atoms with Gasteiger partial charge in [-0.15, -0.1) is 0 Å². The van der Waals surface area contributed by atoms with Gasteiger partial charge in [0.05, 0.1) is 0 Å². The van der Waals surface area contributed by atoms with Crippen molar-refractivity contribution >= 4 is 11.7 Å². The number of carbonyl (C=O) groups is 1. The lowest BCUT2D eigenvalue weighted by molar-refractivity contribution is 0.187. The average molecular weight is 310 g/mol. The smallest absolute Gasteiger partial charge is 0.318 e. The van der Waals surface area contributed by atoms with E-state index in [1.165, 1.54) is 0 Å². The number of aryl methyl sites for hydroxylation is 1. The molecule has 0 unspecified atom stereocenters. The van der Waals surface area contributed by atoms with Crippen molar-refractivity contribution in [3.8, 4) is 0 Å². The fraction of sp³-hybridized carbons (Fsp3) is 0.350. The molecule has 0 spiro atoms. The van der Waals surface area contributed by atoms with Crippen molar-refractivity contribution in [2.45, 2.75) is 40.3 Å². The van der Waals surface area contributed by atoms with Crippen molar-refractivity contribution in [2.75, 3.05) is 11.4 Å². The van der Waals surface area contributed by atoms with Crippen molar-refractivity contribution < 1.29 is 4.79 Å². The lowest BCUT2D eigenvalue weighted by Gasteiger charge is -2.33. The molecule has 0 fully saturated rings. The molecular weight excluding hydrogens is 284 g/mol. The van der Waals surface area contributed by atoms with Crippen LogP contribution in [-0.2, 0) is 6.54 Å². The SMILES string of the molecule is CCN(C(=O)N(Cc1ccccc1)C(C)C)c1cccc(C)c1. The summed E-state index contributed by atoms with van der Waals surface area (Å²) in [5, 5.41) is 0. The molecule has 3 nitrogen and oxygen atoms in total. The first-order chi connectivity index (χ1) is 11.0. The Morgan fingerprint density at radius 3 is 2.30 bits per heavy atom. The highest BCUT2D eigenvalue weighted by Crippen LogP contribution is 2.20. The maximum atomic E-state index is 13.1. The summed E-state index contributed by atoms with van der Waals surface area (Å²) < 4.78 is 0. The minimum absolute atomic E-state index is 0.0527. The number of hydrogen-bond donors (Lipinski definition) is 0. The molecule has 0 radical (unpaired) electrons. The molecule has 2 rings (SSSR count). The van der Waals surface area contributed by atoms with Gasteiger partial charge in [-0.2, -0.15) is 0 Å². The number of amides is 2. The standard InChI is InChI=1S/C20H26N2O/c1-5-21(19-13-9-10-17(4)14-19)20(23)22(16(2)3)15-18-11-7-6-8-12-18/h6-14,16H,5,15H2,1-4H3. The first kappa shape index (κ1) is 17.1. The summed E-state index contributed by atoms with van der Waals surface area (Å²) in [5.74, 6) is 0. The fourth-order valence-electron chi connectivity index (χ4n) is 2.63. The quantitative estimate of drug-likeness (QED) is 0.774. The molecule has 0 heterocycles. The number of carbonyl (C=O) groups excluding carboxylic acids is 1. The molecular formula is C20H26N2O. The first-order valence-corrected chi connectivity index (χ1v) is 8.21. The Balaban J connectivity index is 2.25. The predicted molar refractivity (Wildman–Crippen MR) is 96.7 cm³/mol. The second-order valence-electron chi connectivity index (χ2n) is 6.07. The minimum Gasteiger partial charge on any atom is -0.318 e. The highest BCUT2D eigenvalue weighted by molar-refractivity contribution is 5.92. The van der Waals surface area contributed by atoms with Gasteiger partial charge in [-0.3, -0.25) is 4.90 Å². The van der Waals surface area contributed by atoms with Crippen LogP contribution in [0, 0.1) is 6.92 Å². The molecule has 0 N–H and O–H groups in total. The van der Waals surface area contributed by atoms with Gasteiger partial charge in [0.2, 0.25) is 0 Å². The van der Waals surface area contributed by atoms with Crippen LogP contribution >= 0.6 is 0 Å². The van der Waals surface area contributed by atoms with Crippen LogP contribution in [0.25, 0.3) is 0 Å². The normalized spacial score (nSPS) is 10.7. The van der Waals surface area contributed by atoms with Gasteiger partial charge in [0, 0.05) is 24.8 Å². The van der Waals surface area contributed by atoms with Crippen LogP contribution in [0.5, 0.6) is 0 Å². The lowest BCUT2D eigenvalue weighted by atomic mass is 10.2.